The highest BCUT2D eigenvalue weighted by atomic mass is 79.9. The molecule has 13 heteroatoms. The molecule has 2 aromatic heterocycles. The van der Waals surface area contributed by atoms with Gasteiger partial charge in [-0.1, -0.05) is 15.8 Å². The van der Waals surface area contributed by atoms with Crippen molar-refractivity contribution >= 4 is 32.4 Å². The number of hydrogen-bond donors (Lipinski definition) is 1. The molecule has 10 nitrogen and oxygen atoms in total. The predicted molar refractivity (Wildman–Crippen MR) is 97.7 cm³/mol. The predicted octanol–water partition coefficient (Wildman–Crippen LogP) is 2.10. The van der Waals surface area contributed by atoms with Crippen molar-refractivity contribution in [1.82, 2.24) is 20.0 Å². The van der Waals surface area contributed by atoms with Crippen LogP contribution in [0.15, 0.2) is 41.0 Å². The Morgan fingerprint density at radius 2 is 2.26 bits per heavy atom. The van der Waals surface area contributed by atoms with Crippen molar-refractivity contribution in [3.8, 4) is 23.4 Å². The van der Waals surface area contributed by atoms with Gasteiger partial charge in [0.1, 0.15) is 5.82 Å². The van der Waals surface area contributed by atoms with E-state index in [9.17, 15) is 9.18 Å². The summed E-state index contributed by atoms with van der Waals surface area (Å²) in [6, 6.07) is 4.00. The molecule has 1 atom stereocenters. The lowest BCUT2D eigenvalue weighted by Gasteiger charge is -2.06. The molecule has 0 saturated heterocycles. The molecule has 0 fully saturated rings. The van der Waals surface area contributed by atoms with Crippen LogP contribution in [0.1, 0.15) is 0 Å². The Kier molecular flexibility index (Phi) is 5.77. The lowest BCUT2D eigenvalue weighted by molar-refractivity contribution is 0.309. The molecule has 0 aliphatic rings. The average molecular weight is 456 g/mol. The van der Waals surface area contributed by atoms with E-state index in [0.29, 0.717) is 18.0 Å². The van der Waals surface area contributed by atoms with E-state index in [1.54, 1.807) is 6.19 Å². The molecule has 0 aliphatic carbocycles. The van der Waals surface area contributed by atoms with Gasteiger partial charge in [-0.2, -0.15) is 9.62 Å². The minimum atomic E-state index is -0.777. The molecule has 0 bridgehead atoms. The fourth-order valence-electron chi connectivity index (χ4n) is 2.14. The fraction of sp³-hybridized carbons (Fsp3) is 0.214. The standard InChI is InChI=1S/C14H11BrFN7O3S/c1-27(19-7-17)5-4-18-12-11(20-26-21-12)13-22-25-14(24)23(13)8-2-3-10(16)9(15)6-8/h2-3,6H,4-5H2,1H3,(H,18,21). The Hall–Kier alpha value is -2.85. The number of rotatable bonds is 6. The number of benzene rings is 1. The maximum atomic E-state index is 13.5. The normalized spacial score (nSPS) is 12.1. The minimum absolute atomic E-state index is 0.0412. The molecule has 27 heavy (non-hydrogen) atoms. The lowest BCUT2D eigenvalue weighted by atomic mass is 10.3. The molecule has 0 radical (unpaired) electrons. The second-order valence-corrected chi connectivity index (χ2v) is 7.74. The third kappa shape index (κ3) is 4.12. The van der Waals surface area contributed by atoms with Crippen molar-refractivity contribution in [2.45, 2.75) is 0 Å². The van der Waals surface area contributed by atoms with Gasteiger partial charge in [0.2, 0.25) is 17.8 Å². The number of anilines is 1. The first-order chi connectivity index (χ1) is 13.0. The van der Waals surface area contributed by atoms with Gasteiger partial charge >= 0.3 is 5.76 Å². The van der Waals surface area contributed by atoms with E-state index in [1.807, 2.05) is 6.26 Å². The van der Waals surface area contributed by atoms with E-state index in [1.165, 1.54) is 18.2 Å². The molecule has 0 saturated carbocycles. The quantitative estimate of drug-likeness (QED) is 0.558. The van der Waals surface area contributed by atoms with E-state index >= 15 is 0 Å². The molecular weight excluding hydrogens is 445 g/mol. The highest BCUT2D eigenvalue weighted by Crippen LogP contribution is 2.26. The Morgan fingerprint density at radius 3 is 3.00 bits per heavy atom. The van der Waals surface area contributed by atoms with Gasteiger partial charge in [-0.25, -0.2) is 18.4 Å². The fourth-order valence-corrected chi connectivity index (χ4v) is 3.13. The summed E-state index contributed by atoms with van der Waals surface area (Å²) in [5.74, 6) is -0.379. The van der Waals surface area contributed by atoms with Crippen LogP contribution in [0.5, 0.6) is 0 Å². The number of nitrogens with zero attached hydrogens (tertiary/aromatic N) is 6. The van der Waals surface area contributed by atoms with Gasteiger partial charge in [0, 0.05) is 12.3 Å². The van der Waals surface area contributed by atoms with Crippen molar-refractivity contribution < 1.29 is 13.5 Å². The summed E-state index contributed by atoms with van der Waals surface area (Å²) >= 11 is 3.07. The van der Waals surface area contributed by atoms with Crippen LogP contribution in [0.25, 0.3) is 17.2 Å². The van der Waals surface area contributed by atoms with Gasteiger partial charge in [-0.15, -0.1) is 0 Å². The average Bonchev–Trinajstić information content (AvgIpc) is 3.24. The van der Waals surface area contributed by atoms with Gasteiger partial charge in [0.05, 0.1) is 10.2 Å². The second kappa shape index (κ2) is 8.23. The lowest BCUT2D eigenvalue weighted by Crippen LogP contribution is -2.15. The van der Waals surface area contributed by atoms with Gasteiger partial charge < -0.3 is 5.32 Å². The maximum Gasteiger partial charge on any atom is 0.446 e. The molecule has 2 heterocycles. The van der Waals surface area contributed by atoms with E-state index in [4.69, 9.17) is 14.4 Å². The van der Waals surface area contributed by atoms with Crippen molar-refractivity contribution in [3.63, 3.8) is 0 Å². The molecular formula is C14H11BrFN7O3S. The maximum absolute atomic E-state index is 13.5. The van der Waals surface area contributed by atoms with Crippen molar-refractivity contribution in [2.24, 2.45) is 4.36 Å². The molecule has 1 unspecified atom stereocenters. The Morgan fingerprint density at radius 1 is 1.44 bits per heavy atom. The third-order valence-electron chi connectivity index (χ3n) is 3.35. The Labute approximate surface area is 162 Å². The molecule has 0 amide bonds. The number of nitrogens with one attached hydrogen (secondary N) is 1. The highest BCUT2D eigenvalue weighted by Gasteiger charge is 2.23. The molecule has 0 spiro atoms. The summed E-state index contributed by atoms with van der Waals surface area (Å²) < 4.78 is 28.0. The summed E-state index contributed by atoms with van der Waals surface area (Å²) in [5, 5.41) is 22.8. The first kappa shape index (κ1) is 18.9. The third-order valence-corrected chi connectivity index (χ3v) is 5.15. The zero-order chi connectivity index (χ0) is 19.4. The van der Waals surface area contributed by atoms with Crippen LogP contribution in [0.4, 0.5) is 10.2 Å². The van der Waals surface area contributed by atoms with Crippen molar-refractivity contribution in [3.05, 3.63) is 39.0 Å². The van der Waals surface area contributed by atoms with Gasteiger partial charge in [0.25, 0.3) is 0 Å². The molecule has 3 rings (SSSR count). The van der Waals surface area contributed by atoms with E-state index in [2.05, 4.69) is 41.1 Å². The number of halogens is 2. The smallest absolute Gasteiger partial charge is 0.364 e. The van der Waals surface area contributed by atoms with Crippen LogP contribution in [-0.4, -0.2) is 38.6 Å². The van der Waals surface area contributed by atoms with Gasteiger partial charge in [0.15, 0.2) is 5.69 Å². The number of hydrogen-bond acceptors (Lipinski definition) is 9. The van der Waals surface area contributed by atoms with Crippen LogP contribution in [0.3, 0.4) is 0 Å². The Balaban J connectivity index is 1.92. The van der Waals surface area contributed by atoms with Crippen LogP contribution < -0.4 is 11.1 Å². The van der Waals surface area contributed by atoms with Crippen LogP contribution in [0.2, 0.25) is 0 Å². The summed E-state index contributed by atoms with van der Waals surface area (Å²) in [7, 11) is -0.425. The summed E-state index contributed by atoms with van der Waals surface area (Å²) in [6.07, 6.45) is 3.59. The SMILES string of the molecule is CS(CCNc1nonc1-c1noc(=O)n1-c1ccc(F)c(Br)c1)=NC#N. The topological polar surface area (TPSA) is 135 Å². The molecule has 1 N–H and O–H groups in total. The minimum Gasteiger partial charge on any atom is -0.364 e. The van der Waals surface area contributed by atoms with Crippen LogP contribution in [0, 0.1) is 17.3 Å². The first-order valence-electron chi connectivity index (χ1n) is 7.34. The molecule has 140 valence electrons. The molecule has 3 aromatic rings. The number of aromatic nitrogens is 4. The van der Waals surface area contributed by atoms with Gasteiger partial charge in [-0.3, -0.25) is 4.52 Å². The van der Waals surface area contributed by atoms with E-state index in [-0.39, 0.29) is 21.8 Å². The Bertz CT molecular complexity index is 1100. The van der Waals surface area contributed by atoms with Crippen molar-refractivity contribution in [1.29, 1.82) is 5.26 Å². The van der Waals surface area contributed by atoms with E-state index < -0.39 is 22.3 Å². The van der Waals surface area contributed by atoms with Crippen LogP contribution in [-0.2, 0) is 10.7 Å². The molecule has 0 aliphatic heterocycles. The monoisotopic (exact) mass is 455 g/mol. The molecule has 1 aromatic carbocycles. The first-order valence-corrected chi connectivity index (χ1v) is 9.90. The number of nitriles is 1. The van der Waals surface area contributed by atoms with Crippen molar-refractivity contribution in [2.75, 3.05) is 23.9 Å². The van der Waals surface area contributed by atoms with Gasteiger partial charge in [-0.05, 0) is 50.7 Å². The zero-order valence-corrected chi connectivity index (χ0v) is 16.1. The second-order valence-electron chi connectivity index (χ2n) is 5.09. The summed E-state index contributed by atoms with van der Waals surface area (Å²) in [4.78, 5) is 12.1. The zero-order valence-electron chi connectivity index (χ0n) is 13.7. The summed E-state index contributed by atoms with van der Waals surface area (Å²) in [5.41, 5.74) is 0.468. The van der Waals surface area contributed by atoms with Crippen LogP contribution >= 0.6 is 15.9 Å². The highest BCUT2D eigenvalue weighted by molar-refractivity contribution is 9.10. The summed E-state index contributed by atoms with van der Waals surface area (Å²) in [6.45, 7) is 0.441. The van der Waals surface area contributed by atoms with E-state index in [0.717, 1.165) is 4.57 Å². The largest absolute Gasteiger partial charge is 0.446 e.